The van der Waals surface area contributed by atoms with Crippen LogP contribution in [-0.4, -0.2) is 12.0 Å². The molecule has 1 nitrogen and oxygen atoms in total. The Bertz CT molecular complexity index is 95.7. The summed E-state index contributed by atoms with van der Waals surface area (Å²) in [4.78, 5) is 9.71. The molecule has 0 atom stereocenters. The van der Waals surface area contributed by atoms with Crippen LogP contribution in [0, 0.1) is 0 Å². The van der Waals surface area contributed by atoms with Gasteiger partial charge in [-0.15, -0.1) is 11.8 Å². The molecule has 6 heavy (non-hydrogen) atoms. The van der Waals surface area contributed by atoms with Crippen LogP contribution in [-0.2, 0) is 4.79 Å². The summed E-state index contributed by atoms with van der Waals surface area (Å²) in [7, 11) is 0. The first kappa shape index (κ1) is 3.93. The monoisotopic (exact) mass is 100.0 g/mol. The van der Waals surface area contributed by atoms with Gasteiger partial charge in [0.25, 0.3) is 0 Å². The standard InChI is InChI=1S/C4H4OS/c5-1-4-2-6-3-4/h1-2H,3H2. The van der Waals surface area contributed by atoms with E-state index < -0.39 is 0 Å². The van der Waals surface area contributed by atoms with E-state index in [-0.39, 0.29) is 0 Å². The molecule has 0 aromatic heterocycles. The Morgan fingerprint density at radius 1 is 2.00 bits per heavy atom. The van der Waals surface area contributed by atoms with E-state index in [0.717, 1.165) is 17.6 Å². The average molecular weight is 100 g/mol. The van der Waals surface area contributed by atoms with Crippen molar-refractivity contribution in [3.8, 4) is 0 Å². The van der Waals surface area contributed by atoms with Crippen LogP contribution in [0.3, 0.4) is 0 Å². The van der Waals surface area contributed by atoms with Crippen LogP contribution in [0.25, 0.3) is 0 Å². The Hall–Kier alpha value is -0.240. The maximum Gasteiger partial charge on any atom is 0.147 e. The number of carbonyl (C=O) groups excluding carboxylic acids is 1. The second-order valence-corrected chi connectivity index (χ2v) is 1.98. The molecule has 1 aliphatic heterocycles. The van der Waals surface area contributed by atoms with Crippen LogP contribution in [0.15, 0.2) is 11.0 Å². The van der Waals surface area contributed by atoms with Crippen LogP contribution in [0.5, 0.6) is 0 Å². The third-order valence-corrected chi connectivity index (χ3v) is 1.61. The van der Waals surface area contributed by atoms with E-state index in [2.05, 4.69) is 0 Å². The summed E-state index contributed by atoms with van der Waals surface area (Å²) in [6.07, 6.45) is 0.899. The minimum absolute atomic E-state index is 0.899. The molecule has 0 amide bonds. The fourth-order valence-corrected chi connectivity index (χ4v) is 0.724. The molecule has 32 valence electrons. The van der Waals surface area contributed by atoms with Gasteiger partial charge in [-0.3, -0.25) is 4.79 Å². The van der Waals surface area contributed by atoms with Crippen LogP contribution in [0.1, 0.15) is 0 Å². The number of carbonyl (C=O) groups is 1. The predicted octanol–water partition coefficient (Wildman–Crippen LogP) is 0.816. The first-order valence-electron chi connectivity index (χ1n) is 1.69. The summed E-state index contributed by atoms with van der Waals surface area (Å²) in [5, 5.41) is 1.87. The summed E-state index contributed by atoms with van der Waals surface area (Å²) in [5.41, 5.74) is 0.931. The highest BCUT2D eigenvalue weighted by molar-refractivity contribution is 8.03. The quantitative estimate of drug-likeness (QED) is 0.454. The van der Waals surface area contributed by atoms with Crippen molar-refractivity contribution < 1.29 is 4.79 Å². The normalized spacial score (nSPS) is 18.3. The van der Waals surface area contributed by atoms with Gasteiger partial charge in [0.1, 0.15) is 6.29 Å². The van der Waals surface area contributed by atoms with Crippen LogP contribution < -0.4 is 0 Å². The molecule has 0 spiro atoms. The van der Waals surface area contributed by atoms with E-state index >= 15 is 0 Å². The van der Waals surface area contributed by atoms with Gasteiger partial charge in [0.15, 0.2) is 0 Å². The summed E-state index contributed by atoms with van der Waals surface area (Å²) in [6, 6.07) is 0. The Kier molecular flexibility index (Phi) is 0.965. The third kappa shape index (κ3) is 0.476. The first-order valence-corrected chi connectivity index (χ1v) is 2.74. The van der Waals surface area contributed by atoms with Gasteiger partial charge in [0.05, 0.1) is 0 Å². The fourth-order valence-electron chi connectivity index (χ4n) is 0.241. The lowest BCUT2D eigenvalue weighted by Crippen LogP contribution is -1.93. The summed E-state index contributed by atoms with van der Waals surface area (Å²) < 4.78 is 0. The van der Waals surface area contributed by atoms with Crippen molar-refractivity contribution in [3.63, 3.8) is 0 Å². The second kappa shape index (κ2) is 1.47. The van der Waals surface area contributed by atoms with Crippen LogP contribution in [0.4, 0.5) is 0 Å². The first-order chi connectivity index (χ1) is 2.93. The molecule has 0 unspecified atom stereocenters. The molecule has 0 N–H and O–H groups in total. The lowest BCUT2D eigenvalue weighted by Gasteiger charge is -2.03. The molecule has 1 aliphatic rings. The van der Waals surface area contributed by atoms with Gasteiger partial charge in [-0.05, 0) is 5.41 Å². The zero-order chi connectivity index (χ0) is 4.41. The van der Waals surface area contributed by atoms with Gasteiger partial charge < -0.3 is 0 Å². The van der Waals surface area contributed by atoms with Gasteiger partial charge in [-0.25, -0.2) is 0 Å². The lowest BCUT2D eigenvalue weighted by atomic mass is 10.4. The van der Waals surface area contributed by atoms with Gasteiger partial charge in [0.2, 0.25) is 0 Å². The maximum atomic E-state index is 9.71. The molecule has 0 fully saturated rings. The van der Waals surface area contributed by atoms with Gasteiger partial charge in [-0.1, -0.05) is 0 Å². The molecule has 0 saturated heterocycles. The van der Waals surface area contributed by atoms with Crippen molar-refractivity contribution in [2.24, 2.45) is 0 Å². The van der Waals surface area contributed by atoms with E-state index in [9.17, 15) is 4.79 Å². The number of aldehydes is 1. The number of rotatable bonds is 1. The fraction of sp³-hybridized carbons (Fsp3) is 0.250. The molecule has 2 heteroatoms. The van der Waals surface area contributed by atoms with Gasteiger partial charge >= 0.3 is 0 Å². The van der Waals surface area contributed by atoms with Crippen molar-refractivity contribution in [1.29, 1.82) is 0 Å². The third-order valence-electron chi connectivity index (χ3n) is 0.636. The average Bonchev–Trinajstić information content (AvgIpc) is 1.31. The molecule has 0 aromatic rings. The van der Waals surface area contributed by atoms with Crippen LogP contribution in [0.2, 0.25) is 0 Å². The molecule has 0 radical (unpaired) electrons. The zero-order valence-corrected chi connectivity index (χ0v) is 3.99. The largest absolute Gasteiger partial charge is 0.298 e. The molecule has 1 rings (SSSR count). The Morgan fingerprint density at radius 3 is 2.67 bits per heavy atom. The molecule has 0 saturated carbocycles. The zero-order valence-electron chi connectivity index (χ0n) is 3.18. The Morgan fingerprint density at radius 2 is 2.67 bits per heavy atom. The summed E-state index contributed by atoms with van der Waals surface area (Å²) in [6.45, 7) is 0. The van der Waals surface area contributed by atoms with E-state index in [4.69, 9.17) is 0 Å². The summed E-state index contributed by atoms with van der Waals surface area (Å²) >= 11 is 1.68. The van der Waals surface area contributed by atoms with Crippen molar-refractivity contribution in [2.75, 3.05) is 5.75 Å². The van der Waals surface area contributed by atoms with Crippen molar-refractivity contribution in [1.82, 2.24) is 0 Å². The smallest absolute Gasteiger partial charge is 0.147 e. The van der Waals surface area contributed by atoms with E-state index in [0.29, 0.717) is 0 Å². The molecule has 0 bridgehead atoms. The van der Waals surface area contributed by atoms with Crippen molar-refractivity contribution >= 4 is 18.0 Å². The lowest BCUT2D eigenvalue weighted by molar-refractivity contribution is -0.104. The Labute approximate surface area is 40.4 Å². The molecule has 1 heterocycles. The molecular weight excluding hydrogens is 96.1 g/mol. The second-order valence-electron chi connectivity index (χ2n) is 1.12. The van der Waals surface area contributed by atoms with Gasteiger partial charge in [-0.2, -0.15) is 0 Å². The van der Waals surface area contributed by atoms with Crippen molar-refractivity contribution in [3.05, 3.63) is 11.0 Å². The number of hydrogen-bond donors (Lipinski definition) is 0. The van der Waals surface area contributed by atoms with Gasteiger partial charge in [0, 0.05) is 11.3 Å². The number of hydrogen-bond acceptors (Lipinski definition) is 2. The maximum absolute atomic E-state index is 9.71. The minimum Gasteiger partial charge on any atom is -0.298 e. The van der Waals surface area contributed by atoms with Crippen LogP contribution >= 0.6 is 11.8 Å². The number of thioether (sulfide) groups is 1. The van der Waals surface area contributed by atoms with Crippen molar-refractivity contribution in [2.45, 2.75) is 0 Å². The predicted molar refractivity (Wildman–Crippen MR) is 26.6 cm³/mol. The SMILES string of the molecule is O=CC1=CSC1. The van der Waals surface area contributed by atoms with E-state index in [1.807, 2.05) is 5.41 Å². The molecule has 0 aliphatic carbocycles. The molecular formula is C4H4OS. The highest BCUT2D eigenvalue weighted by Gasteiger charge is 2.01. The highest BCUT2D eigenvalue weighted by atomic mass is 32.2. The summed E-state index contributed by atoms with van der Waals surface area (Å²) in [5.74, 6) is 0.920. The van der Waals surface area contributed by atoms with E-state index in [1.165, 1.54) is 0 Å². The molecule has 0 aromatic carbocycles. The Balaban J connectivity index is 2.52. The minimum atomic E-state index is 0.899. The highest BCUT2D eigenvalue weighted by Crippen LogP contribution is 2.19. The topological polar surface area (TPSA) is 17.1 Å². The van der Waals surface area contributed by atoms with E-state index in [1.54, 1.807) is 11.8 Å².